The lowest BCUT2D eigenvalue weighted by Gasteiger charge is -2.06. The molecule has 0 aliphatic heterocycles. The van der Waals surface area contributed by atoms with Gasteiger partial charge in [-0.05, 0) is 48.5 Å². The predicted molar refractivity (Wildman–Crippen MR) is 77.2 cm³/mol. The molecule has 2 amide bonds. The van der Waals surface area contributed by atoms with Gasteiger partial charge in [-0.25, -0.2) is 5.84 Å². The fraction of sp³-hybridized carbons (Fsp3) is 0. The number of hydrogen-bond donors (Lipinski definition) is 3. The maximum atomic E-state index is 12.0. The Morgan fingerprint density at radius 2 is 1.43 bits per heavy atom. The zero-order chi connectivity index (χ0) is 15.2. The summed E-state index contributed by atoms with van der Waals surface area (Å²) in [6.07, 6.45) is 0. The third-order valence-electron chi connectivity index (χ3n) is 2.81. The lowest BCUT2D eigenvalue weighted by Crippen LogP contribution is -2.29. The number of carbonyl (C=O) groups is 2. The largest absolute Gasteiger partial charge is 0.322 e. The molecule has 0 aromatic heterocycles. The van der Waals surface area contributed by atoms with E-state index in [9.17, 15) is 9.59 Å². The van der Waals surface area contributed by atoms with Crippen molar-refractivity contribution in [3.05, 3.63) is 65.2 Å². The average Bonchev–Trinajstić information content (AvgIpc) is 2.55. The number of rotatable bonds is 3. The number of nitrogens with zero attached hydrogens (tertiary/aromatic N) is 1. The Morgan fingerprint density at radius 1 is 0.905 bits per heavy atom. The minimum atomic E-state index is -0.403. The fourth-order valence-corrected chi connectivity index (χ4v) is 1.69. The summed E-state index contributed by atoms with van der Waals surface area (Å²) in [5.74, 6) is 4.33. The van der Waals surface area contributed by atoms with Gasteiger partial charge < -0.3 is 5.32 Å². The van der Waals surface area contributed by atoms with E-state index in [1.165, 1.54) is 0 Å². The number of hydrogen-bond acceptors (Lipinski definition) is 4. The maximum absolute atomic E-state index is 12.0. The third-order valence-corrected chi connectivity index (χ3v) is 2.81. The number of benzene rings is 2. The molecule has 21 heavy (non-hydrogen) atoms. The van der Waals surface area contributed by atoms with Crippen molar-refractivity contribution in [3.63, 3.8) is 0 Å². The highest BCUT2D eigenvalue weighted by atomic mass is 16.2. The van der Waals surface area contributed by atoms with Crippen LogP contribution in [-0.2, 0) is 0 Å². The van der Waals surface area contributed by atoms with Crippen LogP contribution in [-0.4, -0.2) is 11.8 Å². The van der Waals surface area contributed by atoms with Crippen molar-refractivity contribution in [1.29, 1.82) is 5.26 Å². The number of amides is 2. The van der Waals surface area contributed by atoms with Gasteiger partial charge in [-0.3, -0.25) is 15.0 Å². The Balaban J connectivity index is 2.08. The van der Waals surface area contributed by atoms with Crippen LogP contribution in [0.5, 0.6) is 0 Å². The number of nitrogens with two attached hydrogens (primary N) is 1. The van der Waals surface area contributed by atoms with Crippen LogP contribution in [0.15, 0.2) is 48.5 Å². The molecular formula is C15H12N4O2. The van der Waals surface area contributed by atoms with Crippen molar-refractivity contribution in [1.82, 2.24) is 5.43 Å². The van der Waals surface area contributed by atoms with Crippen LogP contribution in [0.25, 0.3) is 0 Å². The summed E-state index contributed by atoms with van der Waals surface area (Å²) in [5.41, 5.74) is 3.91. The van der Waals surface area contributed by atoms with Crippen LogP contribution in [0.3, 0.4) is 0 Å². The van der Waals surface area contributed by atoms with E-state index in [0.717, 1.165) is 0 Å². The summed E-state index contributed by atoms with van der Waals surface area (Å²) in [5, 5.41) is 11.4. The van der Waals surface area contributed by atoms with Gasteiger partial charge in [0.1, 0.15) is 0 Å². The highest BCUT2D eigenvalue weighted by Gasteiger charge is 2.07. The number of nitrogen functional groups attached to an aromatic ring is 1. The number of hydrazine groups is 1. The summed E-state index contributed by atoms with van der Waals surface area (Å²) >= 11 is 0. The van der Waals surface area contributed by atoms with Gasteiger partial charge in [0.25, 0.3) is 11.8 Å². The molecule has 2 aromatic carbocycles. The number of anilines is 1. The molecule has 4 N–H and O–H groups in total. The molecule has 0 aliphatic rings. The zero-order valence-electron chi connectivity index (χ0n) is 11.0. The normalized spacial score (nSPS) is 9.52. The van der Waals surface area contributed by atoms with Crippen molar-refractivity contribution < 1.29 is 9.59 Å². The summed E-state index contributed by atoms with van der Waals surface area (Å²) < 4.78 is 0. The van der Waals surface area contributed by atoms with E-state index in [0.29, 0.717) is 22.4 Å². The Kier molecular flexibility index (Phi) is 4.29. The predicted octanol–water partition coefficient (Wildman–Crippen LogP) is 1.41. The quantitative estimate of drug-likeness (QED) is 0.448. The minimum absolute atomic E-state index is 0.296. The number of nitrogens with one attached hydrogen (secondary N) is 2. The molecule has 0 unspecified atom stereocenters. The van der Waals surface area contributed by atoms with Gasteiger partial charge in [0, 0.05) is 16.8 Å². The number of nitriles is 1. The minimum Gasteiger partial charge on any atom is -0.322 e. The Bertz CT molecular complexity index is 700. The number of carbonyl (C=O) groups excluding carboxylic acids is 2. The van der Waals surface area contributed by atoms with Crippen molar-refractivity contribution in [2.75, 3.05) is 5.32 Å². The summed E-state index contributed by atoms with van der Waals surface area (Å²) in [4.78, 5) is 23.3. The second-order valence-electron chi connectivity index (χ2n) is 4.19. The van der Waals surface area contributed by atoms with E-state index >= 15 is 0 Å². The third kappa shape index (κ3) is 3.43. The topological polar surface area (TPSA) is 108 Å². The van der Waals surface area contributed by atoms with E-state index in [-0.39, 0.29) is 5.91 Å². The fourth-order valence-electron chi connectivity index (χ4n) is 1.69. The lowest BCUT2D eigenvalue weighted by atomic mass is 10.1. The van der Waals surface area contributed by atoms with E-state index in [2.05, 4.69) is 5.32 Å². The van der Waals surface area contributed by atoms with Gasteiger partial charge in [0.15, 0.2) is 0 Å². The second kappa shape index (κ2) is 6.32. The molecule has 2 rings (SSSR count). The van der Waals surface area contributed by atoms with Crippen LogP contribution in [0.1, 0.15) is 26.3 Å². The molecule has 104 valence electrons. The Hall–Kier alpha value is -3.17. The van der Waals surface area contributed by atoms with E-state index < -0.39 is 5.91 Å². The van der Waals surface area contributed by atoms with E-state index in [1.54, 1.807) is 48.5 Å². The molecule has 0 spiro atoms. The molecule has 0 saturated carbocycles. The maximum Gasteiger partial charge on any atom is 0.265 e. The molecule has 0 heterocycles. The van der Waals surface area contributed by atoms with Crippen molar-refractivity contribution in [3.8, 4) is 6.07 Å². The first kappa shape index (κ1) is 14.2. The monoisotopic (exact) mass is 280 g/mol. The Morgan fingerprint density at radius 3 is 1.95 bits per heavy atom. The first-order chi connectivity index (χ1) is 10.1. The van der Waals surface area contributed by atoms with Crippen LogP contribution in [0.2, 0.25) is 0 Å². The summed E-state index contributed by atoms with van der Waals surface area (Å²) in [6, 6.07) is 14.6. The molecule has 2 aromatic rings. The SMILES string of the molecule is N#Cc1ccc(C(=O)Nc2ccc(C(=O)NN)cc2)cc1. The zero-order valence-corrected chi connectivity index (χ0v) is 11.0. The first-order valence-electron chi connectivity index (χ1n) is 6.06. The van der Waals surface area contributed by atoms with Crippen LogP contribution in [0, 0.1) is 11.3 Å². The first-order valence-corrected chi connectivity index (χ1v) is 6.06. The molecule has 0 aliphatic carbocycles. The standard InChI is InChI=1S/C15H12N4O2/c16-9-10-1-3-11(4-2-10)14(20)18-13-7-5-12(6-8-13)15(21)19-17/h1-8H,17H2,(H,18,20)(H,19,21). The van der Waals surface area contributed by atoms with Crippen LogP contribution < -0.4 is 16.6 Å². The molecule has 0 bridgehead atoms. The van der Waals surface area contributed by atoms with Crippen molar-refractivity contribution in [2.24, 2.45) is 5.84 Å². The van der Waals surface area contributed by atoms with Crippen LogP contribution >= 0.6 is 0 Å². The van der Waals surface area contributed by atoms with Crippen LogP contribution in [0.4, 0.5) is 5.69 Å². The van der Waals surface area contributed by atoms with E-state index in [4.69, 9.17) is 11.1 Å². The molecule has 6 nitrogen and oxygen atoms in total. The summed E-state index contributed by atoms with van der Waals surface area (Å²) in [7, 11) is 0. The van der Waals surface area contributed by atoms with Gasteiger partial charge in [-0.1, -0.05) is 0 Å². The Labute approximate surface area is 121 Å². The van der Waals surface area contributed by atoms with Crippen molar-refractivity contribution >= 4 is 17.5 Å². The molecule has 0 atom stereocenters. The molecule has 0 fully saturated rings. The van der Waals surface area contributed by atoms with Crippen molar-refractivity contribution in [2.45, 2.75) is 0 Å². The average molecular weight is 280 g/mol. The highest BCUT2D eigenvalue weighted by Crippen LogP contribution is 2.12. The molecular weight excluding hydrogens is 268 g/mol. The smallest absolute Gasteiger partial charge is 0.265 e. The van der Waals surface area contributed by atoms with Gasteiger partial charge in [-0.15, -0.1) is 0 Å². The summed E-state index contributed by atoms with van der Waals surface area (Å²) in [6.45, 7) is 0. The van der Waals surface area contributed by atoms with Gasteiger partial charge in [0.2, 0.25) is 0 Å². The van der Waals surface area contributed by atoms with Gasteiger partial charge in [-0.2, -0.15) is 5.26 Å². The highest BCUT2D eigenvalue weighted by molar-refractivity contribution is 6.04. The van der Waals surface area contributed by atoms with Gasteiger partial charge in [0.05, 0.1) is 11.6 Å². The second-order valence-corrected chi connectivity index (χ2v) is 4.19. The molecule has 0 radical (unpaired) electrons. The van der Waals surface area contributed by atoms with Gasteiger partial charge >= 0.3 is 0 Å². The molecule has 0 saturated heterocycles. The van der Waals surface area contributed by atoms with E-state index in [1.807, 2.05) is 11.5 Å². The molecule has 6 heteroatoms. The lowest BCUT2D eigenvalue weighted by molar-refractivity contribution is 0.0953.